The van der Waals surface area contributed by atoms with Crippen LogP contribution in [-0.2, 0) is 9.59 Å². The summed E-state index contributed by atoms with van der Waals surface area (Å²) in [7, 11) is 0. The van der Waals surface area contributed by atoms with Crippen LogP contribution in [0.2, 0.25) is 0 Å². The molecule has 2 aliphatic heterocycles. The Bertz CT molecular complexity index is 1430. The van der Waals surface area contributed by atoms with Gasteiger partial charge in [0.25, 0.3) is 5.91 Å². The number of carbonyl (C=O) groups is 2. The first-order valence-electron chi connectivity index (χ1n) is 14.6. The predicted octanol–water partition coefficient (Wildman–Crippen LogP) is 5.64. The van der Waals surface area contributed by atoms with E-state index in [0.29, 0.717) is 24.6 Å². The van der Waals surface area contributed by atoms with Crippen molar-refractivity contribution in [3.05, 3.63) is 77.0 Å². The number of likely N-dealkylation sites (tertiary alicyclic amines) is 1. The summed E-state index contributed by atoms with van der Waals surface area (Å²) in [5, 5.41) is 5.40. The van der Waals surface area contributed by atoms with Crippen LogP contribution in [-0.4, -0.2) is 41.1 Å². The molecule has 2 aromatic rings. The van der Waals surface area contributed by atoms with Gasteiger partial charge in [0.05, 0.1) is 17.8 Å². The number of amides is 2. The van der Waals surface area contributed by atoms with E-state index in [1.165, 1.54) is 16.3 Å². The number of nitrogens with one attached hydrogen (secondary N) is 1. The van der Waals surface area contributed by atoms with Crippen molar-refractivity contribution in [1.82, 2.24) is 10.2 Å². The molecule has 4 aliphatic rings. The second-order valence-electron chi connectivity index (χ2n) is 11.3. The molecule has 2 fully saturated rings. The van der Waals surface area contributed by atoms with Gasteiger partial charge in [-0.1, -0.05) is 67.1 Å². The number of carbonyl (C=O) groups excluding carboxylic acids is 2. The molecule has 1 saturated carbocycles. The van der Waals surface area contributed by atoms with Crippen LogP contribution < -0.4 is 11.1 Å². The van der Waals surface area contributed by atoms with Gasteiger partial charge in [0.15, 0.2) is 0 Å². The summed E-state index contributed by atoms with van der Waals surface area (Å²) in [6.07, 6.45) is 12.4. The van der Waals surface area contributed by atoms with Crippen LogP contribution in [0.25, 0.3) is 16.5 Å². The minimum Gasteiger partial charge on any atom is -0.329 e. The van der Waals surface area contributed by atoms with Crippen LogP contribution in [0.15, 0.2) is 76.5 Å². The van der Waals surface area contributed by atoms with Crippen molar-refractivity contribution in [2.45, 2.75) is 76.8 Å². The lowest BCUT2D eigenvalue weighted by Crippen LogP contribution is -2.47. The molecule has 1 unspecified atom stereocenters. The average molecular weight is 523 g/mol. The number of aliphatic imine (C=N–C) groups is 1. The summed E-state index contributed by atoms with van der Waals surface area (Å²) >= 11 is 0. The number of rotatable bonds is 6. The zero-order chi connectivity index (χ0) is 26.9. The summed E-state index contributed by atoms with van der Waals surface area (Å²) in [6, 6.07) is 14.0. The smallest absolute Gasteiger partial charge is 0.270 e. The highest BCUT2D eigenvalue weighted by atomic mass is 16.2. The van der Waals surface area contributed by atoms with Crippen molar-refractivity contribution in [1.29, 1.82) is 0 Å². The second kappa shape index (κ2) is 10.9. The monoisotopic (exact) mass is 522 g/mol. The largest absolute Gasteiger partial charge is 0.329 e. The maximum absolute atomic E-state index is 14.2. The molecular weight excluding hydrogens is 484 g/mol. The molecule has 0 bridgehead atoms. The van der Waals surface area contributed by atoms with E-state index in [2.05, 4.69) is 59.9 Å². The van der Waals surface area contributed by atoms with Crippen molar-refractivity contribution < 1.29 is 9.59 Å². The van der Waals surface area contributed by atoms with Crippen LogP contribution in [0, 0.1) is 5.92 Å². The molecule has 0 radical (unpaired) electrons. The third-order valence-corrected chi connectivity index (χ3v) is 9.02. The molecule has 2 aromatic carbocycles. The average Bonchev–Trinajstić information content (AvgIpc) is 3.60. The molecule has 0 spiro atoms. The fraction of sp³-hybridized carbons (Fsp3) is 0.424. The maximum Gasteiger partial charge on any atom is 0.270 e. The fourth-order valence-corrected chi connectivity index (χ4v) is 6.55. The summed E-state index contributed by atoms with van der Waals surface area (Å²) in [5.41, 5.74) is 12.3. The van der Waals surface area contributed by atoms with Crippen molar-refractivity contribution in [2.75, 3.05) is 6.54 Å². The Hall–Kier alpha value is -3.51. The Kier molecular flexibility index (Phi) is 7.22. The van der Waals surface area contributed by atoms with Gasteiger partial charge in [-0.3, -0.25) is 14.6 Å². The lowest BCUT2D eigenvalue weighted by molar-refractivity contribution is -0.130. The Balaban J connectivity index is 1.27. The van der Waals surface area contributed by atoms with E-state index in [9.17, 15) is 9.59 Å². The third-order valence-electron chi connectivity index (χ3n) is 9.02. The minimum atomic E-state index is -0.626. The van der Waals surface area contributed by atoms with Gasteiger partial charge in [0.1, 0.15) is 5.70 Å². The number of nitrogens with two attached hydrogens (primary N) is 1. The first-order chi connectivity index (χ1) is 19.0. The first kappa shape index (κ1) is 25.8. The van der Waals surface area contributed by atoms with Crippen LogP contribution in [0.4, 0.5) is 0 Å². The number of nitrogens with zero attached hydrogens (tertiary/aromatic N) is 2. The quantitative estimate of drug-likeness (QED) is 0.380. The standard InChI is InChI=1S/C33H38N4O2/c1-2-27(34)32(38)36-31(24-16-14-21-12-13-22(21)15-17-24)33(39)37-20-6-11-30(37)29-19-18-28(35-29)26-10-5-8-23-7-3-4-9-25(23)26/h3-5,7-10,12,18,22,27,30H,2,6,11,13-17,19-20,34H2,1H3,(H,36,38)/b31-24+/t22?,27-,30-/m0/s1. The van der Waals surface area contributed by atoms with Gasteiger partial charge in [0.2, 0.25) is 5.91 Å². The third kappa shape index (κ3) is 4.98. The molecule has 0 aromatic heterocycles. The van der Waals surface area contributed by atoms with Gasteiger partial charge in [0, 0.05) is 24.2 Å². The summed E-state index contributed by atoms with van der Waals surface area (Å²) in [4.78, 5) is 34.2. The van der Waals surface area contributed by atoms with Crippen LogP contribution in [0.5, 0.6) is 0 Å². The first-order valence-corrected chi connectivity index (χ1v) is 14.6. The van der Waals surface area contributed by atoms with Gasteiger partial charge in [-0.2, -0.15) is 0 Å². The van der Waals surface area contributed by atoms with Gasteiger partial charge in [-0.15, -0.1) is 0 Å². The molecule has 202 valence electrons. The van der Waals surface area contributed by atoms with E-state index in [1.807, 2.05) is 11.8 Å². The number of allylic oxidation sites excluding steroid dienone is 4. The highest BCUT2D eigenvalue weighted by molar-refractivity contribution is 6.06. The summed E-state index contributed by atoms with van der Waals surface area (Å²) in [6.45, 7) is 2.57. The molecular formula is C33H38N4O2. The van der Waals surface area contributed by atoms with E-state index in [4.69, 9.17) is 10.7 Å². The number of hydrogen-bond donors (Lipinski definition) is 2. The molecule has 39 heavy (non-hydrogen) atoms. The van der Waals surface area contributed by atoms with Crippen molar-refractivity contribution in [3.8, 4) is 0 Å². The van der Waals surface area contributed by atoms with E-state index in [-0.39, 0.29) is 17.9 Å². The summed E-state index contributed by atoms with van der Waals surface area (Å²) in [5.74, 6) is 0.292. The normalized spacial score (nSPS) is 24.7. The Morgan fingerprint density at radius 2 is 1.92 bits per heavy atom. The van der Waals surface area contributed by atoms with Crippen molar-refractivity contribution >= 4 is 34.0 Å². The number of hydrogen-bond acceptors (Lipinski definition) is 4. The zero-order valence-electron chi connectivity index (χ0n) is 22.8. The topological polar surface area (TPSA) is 87.8 Å². The van der Waals surface area contributed by atoms with Crippen molar-refractivity contribution in [2.24, 2.45) is 16.6 Å². The molecule has 2 heterocycles. The van der Waals surface area contributed by atoms with Crippen molar-refractivity contribution in [3.63, 3.8) is 0 Å². The number of benzene rings is 2. The molecule has 1 saturated heterocycles. The minimum absolute atomic E-state index is 0.0572. The fourth-order valence-electron chi connectivity index (χ4n) is 6.55. The van der Waals surface area contributed by atoms with Crippen LogP contribution in [0.1, 0.15) is 70.3 Å². The Morgan fingerprint density at radius 1 is 1.08 bits per heavy atom. The molecule has 3 N–H and O–H groups in total. The van der Waals surface area contributed by atoms with Crippen LogP contribution in [0.3, 0.4) is 0 Å². The highest BCUT2D eigenvalue weighted by Crippen LogP contribution is 2.41. The lowest BCUT2D eigenvalue weighted by atomic mass is 9.81. The molecule has 6 nitrogen and oxygen atoms in total. The van der Waals surface area contributed by atoms with E-state index in [0.717, 1.165) is 73.9 Å². The Morgan fingerprint density at radius 3 is 2.74 bits per heavy atom. The highest BCUT2D eigenvalue weighted by Gasteiger charge is 2.37. The maximum atomic E-state index is 14.2. The van der Waals surface area contributed by atoms with E-state index in [1.54, 1.807) is 0 Å². The van der Waals surface area contributed by atoms with Gasteiger partial charge in [-0.05, 0) is 73.6 Å². The molecule has 6 heteroatoms. The zero-order valence-corrected chi connectivity index (χ0v) is 22.8. The van der Waals surface area contributed by atoms with Gasteiger partial charge in [-0.25, -0.2) is 0 Å². The van der Waals surface area contributed by atoms with Crippen LogP contribution >= 0.6 is 0 Å². The summed E-state index contributed by atoms with van der Waals surface area (Å²) < 4.78 is 0. The molecule has 6 rings (SSSR count). The second-order valence-corrected chi connectivity index (χ2v) is 11.3. The molecule has 2 aliphatic carbocycles. The predicted molar refractivity (Wildman–Crippen MR) is 157 cm³/mol. The lowest BCUT2D eigenvalue weighted by Gasteiger charge is -2.28. The van der Waals surface area contributed by atoms with E-state index < -0.39 is 6.04 Å². The molecule has 3 atom stereocenters. The van der Waals surface area contributed by atoms with Gasteiger partial charge < -0.3 is 16.0 Å². The Labute approximate surface area is 230 Å². The van der Waals surface area contributed by atoms with Gasteiger partial charge >= 0.3 is 0 Å². The SMILES string of the molecule is CC[C@H](N)C(=O)N/C(C(=O)N1CCC[C@H]1C1=NC(c2cccc3ccccc23)=CC1)=C1\CCC2=CCC2CC1. The molecule has 2 amide bonds. The van der Waals surface area contributed by atoms with E-state index >= 15 is 0 Å². The number of fused-ring (bicyclic) bond motifs is 2.